The van der Waals surface area contributed by atoms with Gasteiger partial charge in [-0.15, -0.1) is 12.4 Å². The maximum Gasteiger partial charge on any atom is 0.258 e. The van der Waals surface area contributed by atoms with Crippen LogP contribution in [-0.2, 0) is 4.79 Å². The van der Waals surface area contributed by atoms with Crippen LogP contribution in [0.4, 0.5) is 0 Å². The van der Waals surface area contributed by atoms with Crippen LogP contribution in [0.2, 0.25) is 15.1 Å². The summed E-state index contributed by atoms with van der Waals surface area (Å²) in [5, 5.41) is 3.94. The van der Waals surface area contributed by atoms with E-state index in [1.807, 2.05) is 0 Å². The molecule has 1 saturated carbocycles. The van der Waals surface area contributed by atoms with Gasteiger partial charge in [0.15, 0.2) is 6.61 Å². The monoisotopic (exact) mass is 386 g/mol. The smallest absolute Gasteiger partial charge is 0.258 e. The zero-order valence-corrected chi connectivity index (χ0v) is 14.9. The fourth-order valence-corrected chi connectivity index (χ4v) is 3.11. The zero-order valence-electron chi connectivity index (χ0n) is 11.8. The predicted molar refractivity (Wildman–Crippen MR) is 92.5 cm³/mol. The van der Waals surface area contributed by atoms with E-state index in [1.165, 1.54) is 12.1 Å². The lowest BCUT2D eigenvalue weighted by Crippen LogP contribution is -2.42. The van der Waals surface area contributed by atoms with Gasteiger partial charge in [-0.3, -0.25) is 4.79 Å². The highest BCUT2D eigenvalue weighted by atomic mass is 35.5. The molecule has 8 heteroatoms. The highest BCUT2D eigenvalue weighted by molar-refractivity contribution is 6.43. The lowest BCUT2D eigenvalue weighted by molar-refractivity contribution is -0.124. The van der Waals surface area contributed by atoms with Gasteiger partial charge in [0, 0.05) is 12.1 Å². The standard InChI is InChI=1S/C14H17Cl3N2O2.ClH/c15-9-4-11(17)13(5-10(9)16)21-7-14(20)19-12-3-1-2-8(12)6-18;/h4-5,8,12H,1-3,6-7,18H2,(H,19,20);1H. The van der Waals surface area contributed by atoms with Crippen molar-refractivity contribution in [3.8, 4) is 5.75 Å². The average molecular weight is 388 g/mol. The van der Waals surface area contributed by atoms with Crippen molar-refractivity contribution in [3.63, 3.8) is 0 Å². The van der Waals surface area contributed by atoms with Gasteiger partial charge >= 0.3 is 0 Å². The van der Waals surface area contributed by atoms with E-state index in [0.29, 0.717) is 33.3 Å². The third kappa shape index (κ3) is 5.07. The molecule has 2 unspecified atom stereocenters. The molecule has 0 saturated heterocycles. The molecule has 2 rings (SSSR count). The van der Waals surface area contributed by atoms with Gasteiger partial charge in [0.05, 0.1) is 15.1 Å². The van der Waals surface area contributed by atoms with Crippen LogP contribution in [0.1, 0.15) is 19.3 Å². The molecule has 3 N–H and O–H groups in total. The third-order valence-corrected chi connectivity index (χ3v) is 4.66. The number of halogens is 4. The normalized spacial score (nSPS) is 20.4. The molecular weight excluding hydrogens is 370 g/mol. The number of nitrogens with two attached hydrogens (primary N) is 1. The summed E-state index contributed by atoms with van der Waals surface area (Å²) < 4.78 is 5.40. The molecule has 0 spiro atoms. The van der Waals surface area contributed by atoms with Gasteiger partial charge in [-0.2, -0.15) is 0 Å². The summed E-state index contributed by atoms with van der Waals surface area (Å²) in [6, 6.07) is 3.12. The van der Waals surface area contributed by atoms with Crippen LogP contribution in [-0.4, -0.2) is 25.1 Å². The van der Waals surface area contributed by atoms with E-state index in [1.54, 1.807) is 0 Å². The van der Waals surface area contributed by atoms with Gasteiger partial charge in [0.1, 0.15) is 5.75 Å². The second-order valence-electron chi connectivity index (χ2n) is 5.09. The zero-order chi connectivity index (χ0) is 15.4. The number of amides is 1. The van der Waals surface area contributed by atoms with Crippen LogP contribution in [0.5, 0.6) is 5.75 Å². The van der Waals surface area contributed by atoms with E-state index < -0.39 is 0 Å². The Morgan fingerprint density at radius 3 is 2.59 bits per heavy atom. The quantitative estimate of drug-likeness (QED) is 0.757. The number of carbonyl (C=O) groups excluding carboxylic acids is 1. The van der Waals surface area contributed by atoms with Gasteiger partial charge < -0.3 is 15.8 Å². The second-order valence-corrected chi connectivity index (χ2v) is 6.31. The van der Waals surface area contributed by atoms with Crippen LogP contribution < -0.4 is 15.8 Å². The summed E-state index contributed by atoms with van der Waals surface area (Å²) in [4.78, 5) is 11.9. The minimum atomic E-state index is -0.192. The van der Waals surface area contributed by atoms with Crippen LogP contribution in [0.3, 0.4) is 0 Å². The van der Waals surface area contributed by atoms with E-state index in [0.717, 1.165) is 19.3 Å². The van der Waals surface area contributed by atoms with Crippen molar-refractivity contribution < 1.29 is 9.53 Å². The van der Waals surface area contributed by atoms with Crippen molar-refractivity contribution in [1.82, 2.24) is 5.32 Å². The molecule has 2 atom stereocenters. The number of benzene rings is 1. The maximum atomic E-state index is 11.9. The van der Waals surface area contributed by atoms with Crippen molar-refractivity contribution in [1.29, 1.82) is 0 Å². The van der Waals surface area contributed by atoms with Crippen molar-refractivity contribution in [2.45, 2.75) is 25.3 Å². The molecular formula is C14H18Cl4N2O2. The molecule has 1 aromatic carbocycles. The van der Waals surface area contributed by atoms with E-state index in [-0.39, 0.29) is 31.0 Å². The summed E-state index contributed by atoms with van der Waals surface area (Å²) in [5.41, 5.74) is 5.69. The van der Waals surface area contributed by atoms with Crippen molar-refractivity contribution in [2.75, 3.05) is 13.2 Å². The lowest BCUT2D eigenvalue weighted by atomic mass is 10.0. The average Bonchev–Trinajstić information content (AvgIpc) is 2.88. The predicted octanol–water partition coefficient (Wildman–Crippen LogP) is 3.69. The number of nitrogens with one attached hydrogen (secondary N) is 1. The molecule has 0 aliphatic heterocycles. The van der Waals surface area contributed by atoms with Crippen LogP contribution in [0.15, 0.2) is 12.1 Å². The Kier molecular flexibility index (Phi) is 8.08. The van der Waals surface area contributed by atoms with Gasteiger partial charge in [-0.1, -0.05) is 41.2 Å². The van der Waals surface area contributed by atoms with E-state index in [9.17, 15) is 4.79 Å². The summed E-state index contributed by atoms with van der Waals surface area (Å²) in [7, 11) is 0. The number of hydrogen-bond acceptors (Lipinski definition) is 3. The molecule has 1 aromatic rings. The first-order valence-electron chi connectivity index (χ1n) is 6.78. The summed E-state index contributed by atoms with van der Waals surface area (Å²) in [5.74, 6) is 0.494. The number of rotatable bonds is 5. The second kappa shape index (κ2) is 9.04. The number of ether oxygens (including phenoxy) is 1. The highest BCUT2D eigenvalue weighted by Crippen LogP contribution is 2.33. The molecule has 0 heterocycles. The Morgan fingerprint density at radius 1 is 1.23 bits per heavy atom. The first kappa shape index (κ1) is 19.7. The summed E-state index contributed by atoms with van der Waals surface area (Å²) >= 11 is 17.7. The Morgan fingerprint density at radius 2 is 1.91 bits per heavy atom. The lowest BCUT2D eigenvalue weighted by Gasteiger charge is -2.19. The molecule has 0 aromatic heterocycles. The molecule has 1 fully saturated rings. The van der Waals surface area contributed by atoms with Gasteiger partial charge in [0.2, 0.25) is 0 Å². The molecule has 22 heavy (non-hydrogen) atoms. The van der Waals surface area contributed by atoms with Crippen LogP contribution in [0.25, 0.3) is 0 Å². The number of carbonyl (C=O) groups is 1. The summed E-state index contributed by atoms with van der Waals surface area (Å²) in [6.07, 6.45) is 3.11. The van der Waals surface area contributed by atoms with E-state index in [2.05, 4.69) is 5.32 Å². The van der Waals surface area contributed by atoms with E-state index in [4.69, 9.17) is 45.3 Å². The summed E-state index contributed by atoms with van der Waals surface area (Å²) in [6.45, 7) is 0.468. The molecule has 1 aliphatic rings. The van der Waals surface area contributed by atoms with Crippen molar-refractivity contribution >= 4 is 53.1 Å². The van der Waals surface area contributed by atoms with Gasteiger partial charge in [-0.25, -0.2) is 0 Å². The van der Waals surface area contributed by atoms with Gasteiger partial charge in [-0.05, 0) is 31.4 Å². The minimum absolute atomic E-state index is 0. The Balaban J connectivity index is 0.00000242. The molecule has 1 amide bonds. The molecule has 0 bridgehead atoms. The first-order chi connectivity index (χ1) is 10.0. The Bertz CT molecular complexity index is 528. The molecule has 1 aliphatic carbocycles. The topological polar surface area (TPSA) is 64.3 Å². The minimum Gasteiger partial charge on any atom is -0.482 e. The Hall–Kier alpha value is -0.390. The van der Waals surface area contributed by atoms with Gasteiger partial charge in [0.25, 0.3) is 5.91 Å². The Labute approximate surface area is 151 Å². The largest absolute Gasteiger partial charge is 0.482 e. The highest BCUT2D eigenvalue weighted by Gasteiger charge is 2.27. The SMILES string of the molecule is Cl.NCC1CCCC1NC(=O)COc1cc(Cl)c(Cl)cc1Cl. The number of hydrogen-bond donors (Lipinski definition) is 2. The van der Waals surface area contributed by atoms with Crippen LogP contribution in [0, 0.1) is 5.92 Å². The van der Waals surface area contributed by atoms with Crippen molar-refractivity contribution in [2.24, 2.45) is 11.7 Å². The maximum absolute atomic E-state index is 11.9. The first-order valence-corrected chi connectivity index (χ1v) is 7.91. The van der Waals surface area contributed by atoms with Crippen molar-refractivity contribution in [3.05, 3.63) is 27.2 Å². The van der Waals surface area contributed by atoms with E-state index >= 15 is 0 Å². The fraction of sp³-hybridized carbons (Fsp3) is 0.500. The molecule has 0 radical (unpaired) electrons. The molecule has 124 valence electrons. The molecule has 4 nitrogen and oxygen atoms in total. The fourth-order valence-electron chi connectivity index (χ4n) is 2.52. The third-order valence-electron chi connectivity index (χ3n) is 3.64. The van der Waals surface area contributed by atoms with Crippen LogP contribution >= 0.6 is 47.2 Å².